The van der Waals surface area contributed by atoms with Gasteiger partial charge in [0.25, 0.3) is 0 Å². The van der Waals surface area contributed by atoms with Crippen LogP contribution in [0.4, 0.5) is 0 Å². The van der Waals surface area contributed by atoms with Gasteiger partial charge in [-0.3, -0.25) is 0 Å². The van der Waals surface area contributed by atoms with Crippen LogP contribution in [0.15, 0.2) is 29.3 Å². The fraction of sp³-hybridized carbons (Fsp3) is 0.200. The topological polar surface area (TPSA) is 46.2 Å². The predicted octanol–water partition coefficient (Wildman–Crippen LogP) is 2.52. The summed E-state index contributed by atoms with van der Waals surface area (Å²) in [6.07, 6.45) is 0.775. The van der Waals surface area contributed by atoms with E-state index in [9.17, 15) is 5.11 Å². The molecule has 0 saturated carbocycles. The van der Waals surface area contributed by atoms with Gasteiger partial charge in [-0.2, -0.15) is 0 Å². The first-order chi connectivity index (χ1) is 6.15. The van der Waals surface area contributed by atoms with E-state index in [1.54, 1.807) is 6.07 Å². The molecule has 3 N–H and O–H groups in total. The Hall–Kier alpha value is -0.800. The summed E-state index contributed by atoms with van der Waals surface area (Å²) in [5, 5.41) is 9.25. The third-order valence-electron chi connectivity index (χ3n) is 1.80. The molecule has 0 aliphatic carbocycles. The average molecular weight is 242 g/mol. The Labute approximate surface area is 86.2 Å². The van der Waals surface area contributed by atoms with Crippen LogP contribution >= 0.6 is 15.9 Å². The minimum absolute atomic E-state index is 0.240. The molecule has 1 rings (SSSR count). The number of aromatic hydroxyl groups is 1. The SMILES string of the molecule is C=C(CCN)c1ccc(O)c(Br)c1. The molecule has 3 heteroatoms. The largest absolute Gasteiger partial charge is 0.507 e. The maximum atomic E-state index is 9.25. The van der Waals surface area contributed by atoms with Crippen molar-refractivity contribution in [2.24, 2.45) is 5.73 Å². The number of rotatable bonds is 3. The standard InChI is InChI=1S/C10H12BrNO/c1-7(4-5-12)8-2-3-10(13)9(11)6-8/h2-3,6,13H,1,4-5,12H2. The molecule has 0 heterocycles. The Morgan fingerprint density at radius 3 is 2.77 bits per heavy atom. The summed E-state index contributed by atoms with van der Waals surface area (Å²) in [4.78, 5) is 0. The van der Waals surface area contributed by atoms with Crippen LogP contribution in [-0.2, 0) is 0 Å². The molecule has 0 aliphatic rings. The predicted molar refractivity (Wildman–Crippen MR) is 58.5 cm³/mol. The highest BCUT2D eigenvalue weighted by atomic mass is 79.9. The molecule has 1 aromatic carbocycles. The van der Waals surface area contributed by atoms with Crippen molar-refractivity contribution in [3.63, 3.8) is 0 Å². The van der Waals surface area contributed by atoms with Crippen LogP contribution < -0.4 is 5.73 Å². The molecular weight excluding hydrogens is 230 g/mol. The second-order valence-corrected chi connectivity index (χ2v) is 3.66. The van der Waals surface area contributed by atoms with E-state index in [4.69, 9.17) is 5.73 Å². The van der Waals surface area contributed by atoms with Crippen LogP contribution in [-0.4, -0.2) is 11.7 Å². The van der Waals surface area contributed by atoms with Gasteiger partial charge in [-0.1, -0.05) is 12.6 Å². The summed E-state index contributed by atoms with van der Waals surface area (Å²) in [6.45, 7) is 4.50. The molecule has 13 heavy (non-hydrogen) atoms. The summed E-state index contributed by atoms with van der Waals surface area (Å²) in [5.74, 6) is 0.240. The Morgan fingerprint density at radius 1 is 1.54 bits per heavy atom. The molecule has 0 unspecified atom stereocenters. The minimum Gasteiger partial charge on any atom is -0.507 e. The summed E-state index contributed by atoms with van der Waals surface area (Å²) in [6, 6.07) is 5.31. The first kappa shape index (κ1) is 10.3. The molecular formula is C10H12BrNO. The lowest BCUT2D eigenvalue weighted by atomic mass is 10.0. The second kappa shape index (κ2) is 4.44. The molecule has 0 spiro atoms. The number of phenols is 1. The minimum atomic E-state index is 0.240. The molecule has 1 aromatic rings. The van der Waals surface area contributed by atoms with Gasteiger partial charge in [0, 0.05) is 0 Å². The Bertz CT molecular complexity index is 323. The summed E-state index contributed by atoms with van der Waals surface area (Å²) < 4.78 is 0.683. The highest BCUT2D eigenvalue weighted by molar-refractivity contribution is 9.10. The first-order valence-corrected chi connectivity index (χ1v) is 4.81. The monoisotopic (exact) mass is 241 g/mol. The number of halogens is 1. The molecule has 0 atom stereocenters. The van der Waals surface area contributed by atoms with Gasteiger partial charge in [-0.05, 0) is 52.2 Å². The smallest absolute Gasteiger partial charge is 0.129 e. The number of hydrogen-bond acceptors (Lipinski definition) is 2. The highest BCUT2D eigenvalue weighted by Gasteiger charge is 2.01. The molecule has 0 bridgehead atoms. The van der Waals surface area contributed by atoms with E-state index in [2.05, 4.69) is 22.5 Å². The zero-order chi connectivity index (χ0) is 9.84. The van der Waals surface area contributed by atoms with E-state index < -0.39 is 0 Å². The first-order valence-electron chi connectivity index (χ1n) is 4.02. The van der Waals surface area contributed by atoms with Gasteiger partial charge in [0.1, 0.15) is 5.75 Å². The Balaban J connectivity index is 2.90. The van der Waals surface area contributed by atoms with E-state index >= 15 is 0 Å². The third kappa shape index (κ3) is 2.57. The van der Waals surface area contributed by atoms with Crippen LogP contribution in [0, 0.1) is 0 Å². The number of hydrogen-bond donors (Lipinski definition) is 2. The lowest BCUT2D eigenvalue weighted by molar-refractivity contribution is 0.472. The fourth-order valence-corrected chi connectivity index (χ4v) is 1.42. The van der Waals surface area contributed by atoms with Crippen LogP contribution in [0.5, 0.6) is 5.75 Å². The van der Waals surface area contributed by atoms with E-state index in [-0.39, 0.29) is 5.75 Å². The lowest BCUT2D eigenvalue weighted by Crippen LogP contribution is -1.99. The van der Waals surface area contributed by atoms with Gasteiger partial charge in [0.05, 0.1) is 4.47 Å². The van der Waals surface area contributed by atoms with Crippen molar-refractivity contribution < 1.29 is 5.11 Å². The molecule has 0 amide bonds. The van der Waals surface area contributed by atoms with Crippen molar-refractivity contribution in [2.75, 3.05) is 6.54 Å². The summed E-state index contributed by atoms with van der Waals surface area (Å²) >= 11 is 3.24. The highest BCUT2D eigenvalue weighted by Crippen LogP contribution is 2.27. The maximum absolute atomic E-state index is 9.25. The fourth-order valence-electron chi connectivity index (χ4n) is 1.05. The number of benzene rings is 1. The zero-order valence-electron chi connectivity index (χ0n) is 7.26. The maximum Gasteiger partial charge on any atom is 0.129 e. The second-order valence-electron chi connectivity index (χ2n) is 2.81. The van der Waals surface area contributed by atoms with Gasteiger partial charge in [0.2, 0.25) is 0 Å². The van der Waals surface area contributed by atoms with Crippen molar-refractivity contribution in [3.8, 4) is 5.75 Å². The van der Waals surface area contributed by atoms with Crippen LogP contribution in [0.2, 0.25) is 0 Å². The van der Waals surface area contributed by atoms with Crippen molar-refractivity contribution in [1.29, 1.82) is 0 Å². The molecule has 0 fully saturated rings. The van der Waals surface area contributed by atoms with E-state index in [1.807, 2.05) is 12.1 Å². The lowest BCUT2D eigenvalue weighted by Gasteiger charge is -2.05. The van der Waals surface area contributed by atoms with Gasteiger partial charge in [0.15, 0.2) is 0 Å². The van der Waals surface area contributed by atoms with Gasteiger partial charge >= 0.3 is 0 Å². The number of phenolic OH excluding ortho intramolecular Hbond substituents is 1. The van der Waals surface area contributed by atoms with Gasteiger partial charge < -0.3 is 10.8 Å². The Kier molecular flexibility index (Phi) is 3.51. The van der Waals surface area contributed by atoms with E-state index in [0.717, 1.165) is 17.6 Å². The molecule has 0 aromatic heterocycles. The van der Waals surface area contributed by atoms with Crippen molar-refractivity contribution >= 4 is 21.5 Å². The summed E-state index contributed by atoms with van der Waals surface area (Å²) in [7, 11) is 0. The molecule has 0 saturated heterocycles. The number of nitrogens with two attached hydrogens (primary N) is 1. The van der Waals surface area contributed by atoms with Crippen LogP contribution in [0.1, 0.15) is 12.0 Å². The zero-order valence-corrected chi connectivity index (χ0v) is 8.84. The van der Waals surface area contributed by atoms with Crippen molar-refractivity contribution in [1.82, 2.24) is 0 Å². The van der Waals surface area contributed by atoms with Crippen molar-refractivity contribution in [3.05, 3.63) is 34.8 Å². The molecule has 2 nitrogen and oxygen atoms in total. The van der Waals surface area contributed by atoms with E-state index in [0.29, 0.717) is 11.0 Å². The quantitative estimate of drug-likeness (QED) is 0.855. The van der Waals surface area contributed by atoms with Crippen LogP contribution in [0.25, 0.3) is 5.57 Å². The molecule has 70 valence electrons. The van der Waals surface area contributed by atoms with Crippen LogP contribution in [0.3, 0.4) is 0 Å². The molecule has 0 aliphatic heterocycles. The summed E-state index contributed by atoms with van der Waals surface area (Å²) in [5.41, 5.74) is 7.41. The molecule has 0 radical (unpaired) electrons. The van der Waals surface area contributed by atoms with Gasteiger partial charge in [-0.15, -0.1) is 0 Å². The average Bonchev–Trinajstić information content (AvgIpc) is 2.10. The van der Waals surface area contributed by atoms with Crippen molar-refractivity contribution in [2.45, 2.75) is 6.42 Å². The normalized spacial score (nSPS) is 10.0. The Morgan fingerprint density at radius 2 is 2.23 bits per heavy atom. The van der Waals surface area contributed by atoms with E-state index in [1.165, 1.54) is 0 Å². The third-order valence-corrected chi connectivity index (χ3v) is 2.44. The van der Waals surface area contributed by atoms with Gasteiger partial charge in [-0.25, -0.2) is 0 Å².